The van der Waals surface area contributed by atoms with Crippen LogP contribution in [0.4, 0.5) is 0 Å². The highest BCUT2D eigenvalue weighted by Crippen LogP contribution is 2.23. The van der Waals surface area contributed by atoms with Gasteiger partial charge in [-0.05, 0) is 66.8 Å². The van der Waals surface area contributed by atoms with Gasteiger partial charge in [0.05, 0.1) is 46.2 Å². The molecular weight excluding hydrogens is 516 g/mol. The Labute approximate surface area is 245 Å². The molecule has 0 aliphatic carbocycles. The van der Waals surface area contributed by atoms with Crippen LogP contribution in [0.1, 0.15) is 49.8 Å². The number of carbonyl (C=O) groups excluding carboxylic acids is 1. The highest BCUT2D eigenvalue weighted by Gasteiger charge is 2.27. The van der Waals surface area contributed by atoms with Crippen molar-refractivity contribution >= 4 is 5.78 Å². The fraction of sp³-hybridized carbons (Fsp3) is 0.400. The molecule has 0 bridgehead atoms. The summed E-state index contributed by atoms with van der Waals surface area (Å²) in [6, 6.07) is 25.8. The smallest absolute Gasteiger partial charge is 0.160 e. The zero-order valence-corrected chi connectivity index (χ0v) is 24.8. The second-order valence-electron chi connectivity index (χ2n) is 10.1. The number of hydrogen-bond donors (Lipinski definition) is 0. The average Bonchev–Trinajstić information content (AvgIpc) is 3.02. The molecule has 6 nitrogen and oxygen atoms in total. The first-order chi connectivity index (χ1) is 20.0. The first kappa shape index (κ1) is 32.1. The van der Waals surface area contributed by atoms with Crippen molar-refractivity contribution in [3.8, 4) is 11.5 Å². The molecule has 41 heavy (non-hydrogen) atoms. The predicted molar refractivity (Wildman–Crippen MR) is 162 cm³/mol. The Hall–Kier alpha value is -3.45. The van der Waals surface area contributed by atoms with E-state index in [1.165, 1.54) is 0 Å². The Morgan fingerprint density at radius 2 is 1.32 bits per heavy atom. The summed E-state index contributed by atoms with van der Waals surface area (Å²) in [4.78, 5) is 12.9. The molecule has 0 saturated heterocycles. The Morgan fingerprint density at radius 3 is 1.88 bits per heavy atom. The highest BCUT2D eigenvalue weighted by atomic mass is 16.5. The van der Waals surface area contributed by atoms with E-state index in [-0.39, 0.29) is 23.9 Å². The van der Waals surface area contributed by atoms with Gasteiger partial charge in [0.25, 0.3) is 0 Å². The van der Waals surface area contributed by atoms with Crippen molar-refractivity contribution in [2.45, 2.75) is 65.1 Å². The van der Waals surface area contributed by atoms with E-state index in [0.717, 1.165) is 41.0 Å². The van der Waals surface area contributed by atoms with Crippen molar-refractivity contribution in [1.82, 2.24) is 0 Å². The van der Waals surface area contributed by atoms with Crippen molar-refractivity contribution in [2.75, 3.05) is 20.8 Å². The monoisotopic (exact) mass is 560 g/mol. The molecule has 3 aromatic rings. The van der Waals surface area contributed by atoms with Crippen LogP contribution < -0.4 is 9.47 Å². The minimum atomic E-state index is -0.314. The number of ketones is 1. The number of methoxy groups -OCH3 is 2. The van der Waals surface area contributed by atoms with Gasteiger partial charge < -0.3 is 23.7 Å². The average molecular weight is 561 g/mol. The van der Waals surface area contributed by atoms with Gasteiger partial charge in [0.15, 0.2) is 5.78 Å². The molecule has 0 N–H and O–H groups in total. The maximum absolute atomic E-state index is 12.9. The van der Waals surface area contributed by atoms with Crippen LogP contribution in [0.5, 0.6) is 11.5 Å². The number of rotatable bonds is 19. The predicted octanol–water partition coefficient (Wildman–Crippen LogP) is 7.34. The van der Waals surface area contributed by atoms with Crippen LogP contribution in [-0.4, -0.2) is 38.8 Å². The molecule has 3 rings (SSSR count). The van der Waals surface area contributed by atoms with E-state index in [0.29, 0.717) is 32.8 Å². The lowest BCUT2D eigenvalue weighted by molar-refractivity contribution is -0.125. The van der Waals surface area contributed by atoms with Gasteiger partial charge in [-0.15, -0.1) is 0 Å². The summed E-state index contributed by atoms with van der Waals surface area (Å²) in [7, 11) is 3.30. The molecule has 220 valence electrons. The van der Waals surface area contributed by atoms with Gasteiger partial charge in [0, 0.05) is 18.9 Å². The van der Waals surface area contributed by atoms with E-state index < -0.39 is 0 Å². The third-order valence-electron chi connectivity index (χ3n) is 7.03. The van der Waals surface area contributed by atoms with Crippen LogP contribution >= 0.6 is 0 Å². The quantitative estimate of drug-likeness (QED) is 0.113. The van der Waals surface area contributed by atoms with Gasteiger partial charge in [0.1, 0.15) is 11.5 Å². The van der Waals surface area contributed by atoms with Gasteiger partial charge in [-0.3, -0.25) is 4.79 Å². The Morgan fingerprint density at radius 1 is 0.756 bits per heavy atom. The summed E-state index contributed by atoms with van der Waals surface area (Å²) >= 11 is 0. The molecule has 0 spiro atoms. The first-order valence-corrected chi connectivity index (χ1v) is 14.3. The molecule has 0 heterocycles. The lowest BCUT2D eigenvalue weighted by Gasteiger charge is -2.28. The van der Waals surface area contributed by atoms with Crippen molar-refractivity contribution in [3.05, 3.63) is 108 Å². The Kier molecular flexibility index (Phi) is 14.1. The summed E-state index contributed by atoms with van der Waals surface area (Å²) in [5.74, 6) is 1.34. The third kappa shape index (κ3) is 11.5. The number of hydrogen-bond acceptors (Lipinski definition) is 6. The van der Waals surface area contributed by atoms with Gasteiger partial charge in [0.2, 0.25) is 0 Å². The summed E-state index contributed by atoms with van der Waals surface area (Å²) < 4.78 is 29.3. The maximum atomic E-state index is 12.9. The molecule has 6 heteroatoms. The van der Waals surface area contributed by atoms with Gasteiger partial charge in [-0.2, -0.15) is 0 Å². The molecule has 3 aromatic carbocycles. The molecule has 0 unspecified atom stereocenters. The Balaban J connectivity index is 1.66. The number of ether oxygens (including phenoxy) is 5. The fourth-order valence-electron chi connectivity index (χ4n) is 4.48. The van der Waals surface area contributed by atoms with Crippen LogP contribution in [0.2, 0.25) is 0 Å². The molecule has 3 atom stereocenters. The van der Waals surface area contributed by atoms with Crippen molar-refractivity contribution in [3.63, 3.8) is 0 Å². The minimum Gasteiger partial charge on any atom is -0.497 e. The Bertz CT molecular complexity index is 1160. The topological polar surface area (TPSA) is 63.2 Å². The number of benzene rings is 3. The normalized spacial score (nSPS) is 13.6. The van der Waals surface area contributed by atoms with Crippen molar-refractivity contribution in [1.29, 1.82) is 0 Å². The van der Waals surface area contributed by atoms with Crippen molar-refractivity contribution < 1.29 is 28.5 Å². The molecule has 0 aliphatic rings. The minimum absolute atomic E-state index is 0.0485. The van der Waals surface area contributed by atoms with Crippen LogP contribution in [0.25, 0.3) is 0 Å². The van der Waals surface area contributed by atoms with Crippen LogP contribution in [0.15, 0.2) is 91.0 Å². The van der Waals surface area contributed by atoms with E-state index >= 15 is 0 Å². The standard InChI is InChI=1S/C35H44O6/c1-5-10-34(36)27(2)35(41-26-30-16-20-32(38-4)21-17-30)23-33(40-25-29-14-18-31(37-3)19-15-29)13-9-22-39-24-28-11-7-6-8-12-28/h5-8,10-12,14-21,27,33,35H,9,13,22-26H2,1-4H3/b10-5-/t27-,33-,35+/m1/s1. The summed E-state index contributed by atoms with van der Waals surface area (Å²) in [6.07, 6.45) is 5.20. The van der Waals surface area contributed by atoms with E-state index in [1.807, 2.05) is 80.6 Å². The second kappa shape index (κ2) is 18.1. The fourth-order valence-corrected chi connectivity index (χ4v) is 4.48. The van der Waals surface area contributed by atoms with E-state index in [2.05, 4.69) is 12.1 Å². The molecular formula is C35H44O6. The first-order valence-electron chi connectivity index (χ1n) is 14.3. The van der Waals surface area contributed by atoms with Gasteiger partial charge in [-0.1, -0.05) is 67.6 Å². The van der Waals surface area contributed by atoms with Crippen LogP contribution in [-0.2, 0) is 38.8 Å². The van der Waals surface area contributed by atoms with E-state index in [9.17, 15) is 4.79 Å². The molecule has 0 radical (unpaired) electrons. The largest absolute Gasteiger partial charge is 0.497 e. The summed E-state index contributed by atoms with van der Waals surface area (Å²) in [5.41, 5.74) is 3.24. The third-order valence-corrected chi connectivity index (χ3v) is 7.03. The van der Waals surface area contributed by atoms with Gasteiger partial charge in [-0.25, -0.2) is 0 Å². The van der Waals surface area contributed by atoms with Crippen LogP contribution in [0, 0.1) is 5.92 Å². The molecule has 0 aliphatic heterocycles. The molecule has 0 fully saturated rings. The lowest BCUT2D eigenvalue weighted by atomic mass is 9.93. The van der Waals surface area contributed by atoms with Crippen molar-refractivity contribution in [2.24, 2.45) is 5.92 Å². The van der Waals surface area contributed by atoms with Gasteiger partial charge >= 0.3 is 0 Å². The van der Waals surface area contributed by atoms with E-state index in [4.69, 9.17) is 23.7 Å². The SMILES string of the molecule is C/C=C\C(=O)[C@@H](C)[C@H](C[C@@H](CCCOCc1ccccc1)OCc1ccc(OC)cc1)OCc1ccc(OC)cc1. The molecule has 0 amide bonds. The number of allylic oxidation sites excluding steroid dienone is 2. The molecule has 0 saturated carbocycles. The maximum Gasteiger partial charge on any atom is 0.160 e. The molecule has 0 aromatic heterocycles. The van der Waals surface area contributed by atoms with Crippen LogP contribution in [0.3, 0.4) is 0 Å². The van der Waals surface area contributed by atoms with E-state index in [1.54, 1.807) is 26.4 Å². The highest BCUT2D eigenvalue weighted by molar-refractivity contribution is 5.91. The second-order valence-corrected chi connectivity index (χ2v) is 10.1. The number of carbonyl (C=O) groups is 1. The summed E-state index contributed by atoms with van der Waals surface area (Å²) in [5, 5.41) is 0. The zero-order valence-electron chi connectivity index (χ0n) is 24.8. The zero-order chi connectivity index (χ0) is 29.3. The lowest BCUT2D eigenvalue weighted by Crippen LogP contribution is -2.32. The summed E-state index contributed by atoms with van der Waals surface area (Å²) in [6.45, 7) is 5.86.